The lowest BCUT2D eigenvalue weighted by Gasteiger charge is -2.31. The van der Waals surface area contributed by atoms with E-state index in [0.717, 1.165) is 11.3 Å². The van der Waals surface area contributed by atoms with Gasteiger partial charge in [-0.25, -0.2) is 17.6 Å². The number of hydrogen-bond donors (Lipinski definition) is 1. The molecule has 0 bridgehead atoms. The van der Waals surface area contributed by atoms with E-state index in [0.29, 0.717) is 18.4 Å². The van der Waals surface area contributed by atoms with E-state index in [-0.39, 0.29) is 34.8 Å². The van der Waals surface area contributed by atoms with Gasteiger partial charge in [0.15, 0.2) is 0 Å². The molecule has 1 aromatic heterocycles. The number of esters is 1. The minimum atomic E-state index is -3.82. The first kappa shape index (κ1) is 20.4. The molecule has 7 nitrogen and oxygen atoms in total. The van der Waals surface area contributed by atoms with Crippen LogP contribution in [0.25, 0.3) is 0 Å². The Hall–Kier alpha value is -2.30. The van der Waals surface area contributed by atoms with Crippen molar-refractivity contribution in [2.45, 2.75) is 23.8 Å². The van der Waals surface area contributed by atoms with Gasteiger partial charge in [0.25, 0.3) is 5.91 Å². The van der Waals surface area contributed by atoms with Crippen LogP contribution in [0.15, 0.2) is 40.6 Å². The second kappa shape index (κ2) is 8.38. The first-order valence-electron chi connectivity index (χ1n) is 8.55. The van der Waals surface area contributed by atoms with Gasteiger partial charge in [-0.05, 0) is 48.6 Å². The van der Waals surface area contributed by atoms with Gasteiger partial charge in [-0.1, -0.05) is 0 Å². The Morgan fingerprint density at radius 2 is 1.82 bits per heavy atom. The molecule has 0 atom stereocenters. The van der Waals surface area contributed by atoms with E-state index in [1.807, 2.05) is 0 Å². The normalized spacial score (nSPS) is 15.9. The molecule has 0 unspecified atom stereocenters. The van der Waals surface area contributed by atoms with E-state index in [1.165, 1.54) is 47.1 Å². The molecule has 2 heterocycles. The number of nitrogens with zero attached hydrogens (tertiary/aromatic N) is 1. The number of thiophene rings is 1. The summed E-state index contributed by atoms with van der Waals surface area (Å²) in [7, 11) is -2.62. The summed E-state index contributed by atoms with van der Waals surface area (Å²) in [4.78, 5) is 24.0. The maximum Gasteiger partial charge on any atom is 0.349 e. The van der Waals surface area contributed by atoms with Crippen LogP contribution in [0.2, 0.25) is 0 Å². The van der Waals surface area contributed by atoms with Crippen LogP contribution in [0.3, 0.4) is 0 Å². The second-order valence-corrected chi connectivity index (χ2v) is 9.09. The van der Waals surface area contributed by atoms with Crippen LogP contribution in [0.1, 0.15) is 32.9 Å². The second-order valence-electron chi connectivity index (χ2n) is 6.26. The van der Waals surface area contributed by atoms with Crippen molar-refractivity contribution in [2.75, 3.05) is 20.2 Å². The van der Waals surface area contributed by atoms with Crippen molar-refractivity contribution in [2.24, 2.45) is 0 Å². The number of piperidine rings is 1. The largest absolute Gasteiger partial charge is 0.465 e. The minimum Gasteiger partial charge on any atom is -0.465 e. The summed E-state index contributed by atoms with van der Waals surface area (Å²) in [5, 5.41) is 4.38. The number of nitrogens with one attached hydrogen (secondary N) is 1. The van der Waals surface area contributed by atoms with Crippen molar-refractivity contribution in [3.05, 3.63) is 52.0 Å². The Morgan fingerprint density at radius 1 is 1.18 bits per heavy atom. The van der Waals surface area contributed by atoms with Gasteiger partial charge in [-0.3, -0.25) is 4.79 Å². The molecule has 2 aromatic rings. The fourth-order valence-corrected chi connectivity index (χ4v) is 5.77. The number of carbonyl (C=O) groups is 2. The molecular weight excluding hydrogens is 407 g/mol. The molecule has 28 heavy (non-hydrogen) atoms. The molecule has 1 aliphatic heterocycles. The zero-order valence-corrected chi connectivity index (χ0v) is 16.7. The zero-order valence-electron chi connectivity index (χ0n) is 15.1. The average molecular weight is 426 g/mol. The minimum absolute atomic E-state index is 0.0502. The zero-order chi connectivity index (χ0) is 20.3. The van der Waals surface area contributed by atoms with E-state index in [4.69, 9.17) is 0 Å². The fourth-order valence-electron chi connectivity index (χ4n) is 2.99. The van der Waals surface area contributed by atoms with Gasteiger partial charge in [-0.15, -0.1) is 11.3 Å². The van der Waals surface area contributed by atoms with E-state index in [1.54, 1.807) is 0 Å². The summed E-state index contributed by atoms with van der Waals surface area (Å²) in [6.45, 7) is 0.431. The Bertz CT molecular complexity index is 964. The van der Waals surface area contributed by atoms with Crippen molar-refractivity contribution in [3.8, 4) is 0 Å². The first-order valence-corrected chi connectivity index (χ1v) is 10.9. The average Bonchev–Trinajstić information content (AvgIpc) is 3.19. The summed E-state index contributed by atoms with van der Waals surface area (Å²) < 4.78 is 44.7. The van der Waals surface area contributed by atoms with E-state index < -0.39 is 21.8 Å². The summed E-state index contributed by atoms with van der Waals surface area (Å²) in [5.74, 6) is -1.43. The van der Waals surface area contributed by atoms with Crippen LogP contribution < -0.4 is 5.32 Å². The van der Waals surface area contributed by atoms with Gasteiger partial charge in [-0.2, -0.15) is 4.31 Å². The number of methoxy groups -OCH3 is 1. The first-order chi connectivity index (χ1) is 13.3. The molecule has 1 aromatic carbocycles. The molecule has 3 rings (SSSR count). The topological polar surface area (TPSA) is 92.8 Å². The van der Waals surface area contributed by atoms with E-state index in [9.17, 15) is 22.4 Å². The molecule has 1 fully saturated rings. The van der Waals surface area contributed by atoms with Gasteiger partial charge in [0.05, 0.1) is 7.11 Å². The number of rotatable bonds is 5. The lowest BCUT2D eigenvalue weighted by molar-refractivity contribution is 0.0601. The molecule has 0 saturated carbocycles. The van der Waals surface area contributed by atoms with Crippen molar-refractivity contribution in [1.82, 2.24) is 9.62 Å². The van der Waals surface area contributed by atoms with Gasteiger partial charge >= 0.3 is 5.97 Å². The van der Waals surface area contributed by atoms with Gasteiger partial charge in [0.2, 0.25) is 10.0 Å². The molecule has 1 amide bonds. The number of carbonyl (C=O) groups excluding carboxylic acids is 2. The highest BCUT2D eigenvalue weighted by Crippen LogP contribution is 2.28. The summed E-state index contributed by atoms with van der Waals surface area (Å²) in [5.41, 5.74) is 0.345. The van der Waals surface area contributed by atoms with Gasteiger partial charge < -0.3 is 10.1 Å². The third kappa shape index (κ3) is 4.23. The van der Waals surface area contributed by atoms with Gasteiger partial charge in [0, 0.05) is 24.7 Å². The Morgan fingerprint density at radius 3 is 2.43 bits per heavy atom. The third-order valence-electron chi connectivity index (χ3n) is 4.51. The number of amides is 1. The molecule has 1 saturated heterocycles. The maximum absolute atomic E-state index is 13.0. The van der Waals surface area contributed by atoms with Crippen LogP contribution in [0.4, 0.5) is 4.39 Å². The summed E-state index contributed by atoms with van der Waals surface area (Å²) in [6, 6.07) is 6.43. The van der Waals surface area contributed by atoms with Crippen molar-refractivity contribution in [3.63, 3.8) is 0 Å². The maximum atomic E-state index is 13.0. The molecule has 10 heteroatoms. The fraction of sp³-hybridized carbons (Fsp3) is 0.333. The highest BCUT2D eigenvalue weighted by molar-refractivity contribution is 7.89. The van der Waals surface area contributed by atoms with Crippen LogP contribution in [-0.2, 0) is 14.8 Å². The van der Waals surface area contributed by atoms with E-state index >= 15 is 0 Å². The number of benzene rings is 1. The van der Waals surface area contributed by atoms with E-state index in [2.05, 4.69) is 10.1 Å². The van der Waals surface area contributed by atoms with Crippen LogP contribution in [-0.4, -0.2) is 50.8 Å². The van der Waals surface area contributed by atoms with Crippen molar-refractivity contribution >= 4 is 33.2 Å². The monoisotopic (exact) mass is 426 g/mol. The summed E-state index contributed by atoms with van der Waals surface area (Å²) in [6.07, 6.45) is 0.869. The standard InChI is InChI=1S/C18H19FN2O5S2/c1-26-18(23)16-15(8-11-27-16)28(24,25)21-9-6-14(7-10-21)20-17(22)12-2-4-13(19)5-3-12/h2-5,8,11,14H,6-7,9-10H2,1H3,(H,20,22). The molecule has 0 spiro atoms. The quantitative estimate of drug-likeness (QED) is 0.741. The Kier molecular flexibility index (Phi) is 6.11. The third-order valence-corrected chi connectivity index (χ3v) is 7.48. The number of hydrogen-bond acceptors (Lipinski definition) is 6. The molecule has 0 radical (unpaired) electrons. The van der Waals surface area contributed by atoms with Crippen molar-refractivity contribution < 1.29 is 27.1 Å². The molecule has 1 N–H and O–H groups in total. The number of ether oxygens (including phenoxy) is 1. The summed E-state index contributed by atoms with van der Waals surface area (Å²) >= 11 is 1.02. The lowest BCUT2D eigenvalue weighted by Crippen LogP contribution is -2.46. The van der Waals surface area contributed by atoms with Crippen LogP contribution in [0.5, 0.6) is 0 Å². The lowest BCUT2D eigenvalue weighted by atomic mass is 10.1. The predicted octanol–water partition coefficient (Wildman–Crippen LogP) is 2.26. The van der Waals surface area contributed by atoms with Crippen LogP contribution in [0, 0.1) is 5.82 Å². The molecule has 1 aliphatic rings. The Balaban J connectivity index is 1.63. The van der Waals surface area contributed by atoms with Gasteiger partial charge in [0.1, 0.15) is 15.6 Å². The molecule has 0 aliphatic carbocycles. The Labute approximate surface area is 166 Å². The number of sulfonamides is 1. The smallest absolute Gasteiger partial charge is 0.349 e. The highest BCUT2D eigenvalue weighted by atomic mass is 32.2. The molecular formula is C18H19FN2O5S2. The SMILES string of the molecule is COC(=O)c1sccc1S(=O)(=O)N1CCC(NC(=O)c2ccc(F)cc2)CC1. The van der Waals surface area contributed by atoms with Crippen molar-refractivity contribution in [1.29, 1.82) is 0 Å². The predicted molar refractivity (Wildman–Crippen MR) is 101 cm³/mol. The number of halogens is 1. The molecule has 150 valence electrons. The van der Waals surface area contributed by atoms with Crippen LogP contribution >= 0.6 is 11.3 Å². The highest BCUT2D eigenvalue weighted by Gasteiger charge is 2.33.